The Kier molecular flexibility index (Phi) is 12.0. The van der Waals surface area contributed by atoms with Crippen LogP contribution in [0.3, 0.4) is 0 Å². The largest absolute Gasteiger partial charge is 0.317 e. The molecular formula is C17H37N. The fourth-order valence-electron chi connectivity index (χ4n) is 2.63. The van der Waals surface area contributed by atoms with Crippen molar-refractivity contribution >= 4 is 0 Å². The Morgan fingerprint density at radius 1 is 0.778 bits per heavy atom. The summed E-state index contributed by atoms with van der Waals surface area (Å²) < 4.78 is 0. The van der Waals surface area contributed by atoms with E-state index in [9.17, 15) is 0 Å². The first-order chi connectivity index (χ1) is 8.63. The van der Waals surface area contributed by atoms with Crippen molar-refractivity contribution in [2.24, 2.45) is 11.8 Å². The van der Waals surface area contributed by atoms with E-state index in [0.717, 1.165) is 11.8 Å². The molecule has 0 heterocycles. The molecule has 0 aromatic carbocycles. The lowest BCUT2D eigenvalue weighted by Crippen LogP contribution is -2.34. The summed E-state index contributed by atoms with van der Waals surface area (Å²) in [6.07, 6.45) is 12.7. The minimum Gasteiger partial charge on any atom is -0.317 e. The van der Waals surface area contributed by atoms with Gasteiger partial charge in [-0.1, -0.05) is 79.1 Å². The third kappa shape index (κ3) is 8.97. The van der Waals surface area contributed by atoms with E-state index < -0.39 is 0 Å². The van der Waals surface area contributed by atoms with Crippen LogP contribution in [0.5, 0.6) is 0 Å². The Morgan fingerprint density at radius 3 is 1.72 bits per heavy atom. The summed E-state index contributed by atoms with van der Waals surface area (Å²) in [5, 5.41) is 3.50. The number of nitrogens with one attached hydrogen (secondary N) is 1. The monoisotopic (exact) mass is 255 g/mol. The zero-order valence-corrected chi connectivity index (χ0v) is 13.6. The Bertz CT molecular complexity index is 165. The number of hydrogen-bond acceptors (Lipinski definition) is 1. The molecular weight excluding hydrogens is 218 g/mol. The lowest BCUT2D eigenvalue weighted by molar-refractivity contribution is 0.291. The molecule has 0 fully saturated rings. The molecule has 0 rings (SSSR count). The van der Waals surface area contributed by atoms with E-state index in [2.05, 4.69) is 40.1 Å². The van der Waals surface area contributed by atoms with Gasteiger partial charge in [-0.05, 0) is 25.3 Å². The van der Waals surface area contributed by atoms with Crippen molar-refractivity contribution in [3.8, 4) is 0 Å². The maximum Gasteiger partial charge on any atom is 0.00921 e. The molecule has 1 N–H and O–H groups in total. The molecule has 0 saturated carbocycles. The van der Waals surface area contributed by atoms with Gasteiger partial charge in [-0.25, -0.2) is 0 Å². The quantitative estimate of drug-likeness (QED) is 0.461. The van der Waals surface area contributed by atoms with E-state index in [1.807, 2.05) is 0 Å². The summed E-state index contributed by atoms with van der Waals surface area (Å²) in [5.41, 5.74) is 0. The first-order valence-electron chi connectivity index (χ1n) is 8.30. The standard InChI is InChI=1S/C17H37N/c1-6-7-8-9-10-11-12-13-14-17(18-5)16(4)15(2)3/h15-18H,6-14H2,1-5H3. The van der Waals surface area contributed by atoms with Crippen LogP contribution in [0.1, 0.15) is 85.5 Å². The molecule has 2 unspecified atom stereocenters. The average molecular weight is 255 g/mol. The molecule has 110 valence electrons. The highest BCUT2D eigenvalue weighted by Gasteiger charge is 2.17. The average Bonchev–Trinajstić information content (AvgIpc) is 2.36. The van der Waals surface area contributed by atoms with Gasteiger partial charge in [0.1, 0.15) is 0 Å². The van der Waals surface area contributed by atoms with Gasteiger partial charge in [-0.2, -0.15) is 0 Å². The van der Waals surface area contributed by atoms with Crippen molar-refractivity contribution in [2.75, 3.05) is 7.05 Å². The van der Waals surface area contributed by atoms with Gasteiger partial charge in [0, 0.05) is 6.04 Å². The molecule has 0 aliphatic carbocycles. The highest BCUT2D eigenvalue weighted by Crippen LogP contribution is 2.19. The Balaban J connectivity index is 3.45. The summed E-state index contributed by atoms with van der Waals surface area (Å²) in [7, 11) is 2.12. The van der Waals surface area contributed by atoms with Crippen molar-refractivity contribution in [3.05, 3.63) is 0 Å². The summed E-state index contributed by atoms with van der Waals surface area (Å²) in [6, 6.07) is 0.713. The Labute approximate surface area is 116 Å². The van der Waals surface area contributed by atoms with Gasteiger partial charge in [0.25, 0.3) is 0 Å². The molecule has 2 atom stereocenters. The zero-order chi connectivity index (χ0) is 13.8. The van der Waals surface area contributed by atoms with E-state index in [-0.39, 0.29) is 0 Å². The molecule has 1 nitrogen and oxygen atoms in total. The van der Waals surface area contributed by atoms with Crippen LogP contribution in [0.2, 0.25) is 0 Å². The number of unbranched alkanes of at least 4 members (excludes halogenated alkanes) is 7. The lowest BCUT2D eigenvalue weighted by atomic mass is 9.87. The van der Waals surface area contributed by atoms with E-state index in [1.165, 1.54) is 57.8 Å². The van der Waals surface area contributed by atoms with Crippen molar-refractivity contribution in [1.29, 1.82) is 0 Å². The predicted octanol–water partition coefficient (Wildman–Crippen LogP) is 5.40. The van der Waals surface area contributed by atoms with Gasteiger partial charge < -0.3 is 5.32 Å². The molecule has 0 amide bonds. The molecule has 0 saturated heterocycles. The zero-order valence-electron chi connectivity index (χ0n) is 13.6. The second-order valence-corrected chi connectivity index (χ2v) is 6.26. The van der Waals surface area contributed by atoms with E-state index >= 15 is 0 Å². The third-order valence-corrected chi connectivity index (χ3v) is 4.43. The van der Waals surface area contributed by atoms with Gasteiger partial charge >= 0.3 is 0 Å². The highest BCUT2D eigenvalue weighted by molar-refractivity contribution is 4.74. The van der Waals surface area contributed by atoms with E-state index in [4.69, 9.17) is 0 Å². The topological polar surface area (TPSA) is 12.0 Å². The van der Waals surface area contributed by atoms with Crippen molar-refractivity contribution in [2.45, 2.75) is 91.5 Å². The molecule has 0 aromatic rings. The fraction of sp³-hybridized carbons (Fsp3) is 1.00. The predicted molar refractivity (Wildman–Crippen MR) is 84.1 cm³/mol. The van der Waals surface area contributed by atoms with Gasteiger partial charge in [-0.3, -0.25) is 0 Å². The smallest absolute Gasteiger partial charge is 0.00921 e. The lowest BCUT2D eigenvalue weighted by Gasteiger charge is -2.26. The minimum atomic E-state index is 0.713. The molecule has 0 radical (unpaired) electrons. The van der Waals surface area contributed by atoms with Crippen LogP contribution in [0.25, 0.3) is 0 Å². The number of rotatable bonds is 12. The van der Waals surface area contributed by atoms with Crippen molar-refractivity contribution in [1.82, 2.24) is 5.32 Å². The fourth-order valence-corrected chi connectivity index (χ4v) is 2.63. The molecule has 0 aromatic heterocycles. The molecule has 0 aliphatic rings. The Hall–Kier alpha value is -0.0400. The summed E-state index contributed by atoms with van der Waals surface area (Å²) in [4.78, 5) is 0. The van der Waals surface area contributed by atoms with E-state index in [0.29, 0.717) is 6.04 Å². The molecule has 1 heteroatoms. The minimum absolute atomic E-state index is 0.713. The molecule has 18 heavy (non-hydrogen) atoms. The highest BCUT2D eigenvalue weighted by atomic mass is 14.9. The van der Waals surface area contributed by atoms with Crippen molar-refractivity contribution < 1.29 is 0 Å². The van der Waals surface area contributed by atoms with Crippen molar-refractivity contribution in [3.63, 3.8) is 0 Å². The molecule has 0 spiro atoms. The maximum atomic E-state index is 3.50. The summed E-state index contributed by atoms with van der Waals surface area (Å²) in [5.74, 6) is 1.58. The maximum absolute atomic E-state index is 3.50. The van der Waals surface area contributed by atoms with Crippen LogP contribution < -0.4 is 5.32 Å². The first kappa shape index (κ1) is 18.0. The SMILES string of the molecule is CCCCCCCCCCC(NC)C(C)C(C)C. The van der Waals surface area contributed by atoms with Gasteiger partial charge in [-0.15, -0.1) is 0 Å². The van der Waals surface area contributed by atoms with Crippen LogP contribution >= 0.6 is 0 Å². The normalized spacial score (nSPS) is 15.0. The first-order valence-corrected chi connectivity index (χ1v) is 8.30. The van der Waals surface area contributed by atoms with Gasteiger partial charge in [0.15, 0.2) is 0 Å². The summed E-state index contributed by atoms with van der Waals surface area (Å²) >= 11 is 0. The van der Waals surface area contributed by atoms with E-state index in [1.54, 1.807) is 0 Å². The Morgan fingerprint density at radius 2 is 1.28 bits per heavy atom. The molecule has 0 bridgehead atoms. The second-order valence-electron chi connectivity index (χ2n) is 6.26. The van der Waals surface area contributed by atoms with Crippen LogP contribution in [-0.4, -0.2) is 13.1 Å². The second kappa shape index (κ2) is 12.0. The van der Waals surface area contributed by atoms with Crippen LogP contribution in [0.4, 0.5) is 0 Å². The summed E-state index contributed by atoms with van der Waals surface area (Å²) in [6.45, 7) is 9.34. The van der Waals surface area contributed by atoms with Gasteiger partial charge in [0.2, 0.25) is 0 Å². The van der Waals surface area contributed by atoms with Crippen LogP contribution in [-0.2, 0) is 0 Å². The molecule has 0 aliphatic heterocycles. The number of hydrogen-bond donors (Lipinski definition) is 1. The van der Waals surface area contributed by atoms with Crippen LogP contribution in [0, 0.1) is 11.8 Å². The third-order valence-electron chi connectivity index (χ3n) is 4.43. The van der Waals surface area contributed by atoms with Crippen LogP contribution in [0.15, 0.2) is 0 Å². The van der Waals surface area contributed by atoms with Gasteiger partial charge in [0.05, 0.1) is 0 Å².